The molecule has 1 aliphatic rings. The first-order valence-corrected chi connectivity index (χ1v) is 7.82. The Morgan fingerprint density at radius 1 is 1.25 bits per heavy atom. The second kappa shape index (κ2) is 6.09. The molecule has 4 heteroatoms. The highest BCUT2D eigenvalue weighted by molar-refractivity contribution is 7.12. The molecule has 0 radical (unpaired) electrons. The van der Waals surface area contributed by atoms with E-state index in [2.05, 4.69) is 34.5 Å². The lowest BCUT2D eigenvalue weighted by molar-refractivity contribution is 0.0952. The number of amides is 1. The van der Waals surface area contributed by atoms with Gasteiger partial charge in [0.1, 0.15) is 0 Å². The molecule has 104 valence electrons. The number of hydrogen-bond donors (Lipinski definition) is 1. The predicted octanol–water partition coefficient (Wildman–Crippen LogP) is 3.00. The molecule has 1 saturated heterocycles. The van der Waals surface area contributed by atoms with E-state index >= 15 is 0 Å². The average Bonchev–Trinajstić information content (AvgIpc) is 3.17. The van der Waals surface area contributed by atoms with Crippen LogP contribution in [0.4, 0.5) is 5.69 Å². The van der Waals surface area contributed by atoms with Gasteiger partial charge >= 0.3 is 0 Å². The quantitative estimate of drug-likeness (QED) is 0.937. The van der Waals surface area contributed by atoms with Crippen molar-refractivity contribution in [1.29, 1.82) is 0 Å². The van der Waals surface area contributed by atoms with Gasteiger partial charge in [-0.15, -0.1) is 11.3 Å². The molecule has 0 aliphatic carbocycles. The highest BCUT2D eigenvalue weighted by atomic mass is 32.1. The van der Waals surface area contributed by atoms with Crippen molar-refractivity contribution in [3.05, 3.63) is 52.7 Å². The molecule has 1 N–H and O–H groups in total. The summed E-state index contributed by atoms with van der Waals surface area (Å²) < 4.78 is 0. The Bertz CT molecular complexity index is 553. The predicted molar refractivity (Wildman–Crippen MR) is 83.4 cm³/mol. The number of nitrogens with one attached hydrogen (secondary N) is 1. The van der Waals surface area contributed by atoms with Crippen molar-refractivity contribution < 1.29 is 4.79 Å². The third-order valence-electron chi connectivity index (χ3n) is 3.70. The Hall–Kier alpha value is -1.81. The molecule has 0 unspecified atom stereocenters. The second-order valence-corrected chi connectivity index (χ2v) is 6.07. The van der Waals surface area contributed by atoms with Crippen LogP contribution in [0.25, 0.3) is 0 Å². The number of benzene rings is 1. The average molecular weight is 286 g/mol. The van der Waals surface area contributed by atoms with E-state index in [-0.39, 0.29) is 5.91 Å². The van der Waals surface area contributed by atoms with Crippen LogP contribution in [0.5, 0.6) is 0 Å². The largest absolute Gasteiger partial charge is 0.371 e. The van der Waals surface area contributed by atoms with Crippen LogP contribution in [0.3, 0.4) is 0 Å². The molecular formula is C16H18N2OS. The summed E-state index contributed by atoms with van der Waals surface area (Å²) in [5.41, 5.74) is 1.28. The summed E-state index contributed by atoms with van der Waals surface area (Å²) in [6.45, 7) is 2.86. The third-order valence-corrected chi connectivity index (χ3v) is 4.57. The Balaban J connectivity index is 1.50. The summed E-state index contributed by atoms with van der Waals surface area (Å²) in [6, 6.07) is 14.2. The lowest BCUT2D eigenvalue weighted by atomic mass is 10.1. The highest BCUT2D eigenvalue weighted by Crippen LogP contribution is 2.23. The first-order chi connectivity index (χ1) is 9.83. The van der Waals surface area contributed by atoms with Gasteiger partial charge in [-0.1, -0.05) is 24.3 Å². The molecule has 1 fully saturated rings. The van der Waals surface area contributed by atoms with E-state index in [1.165, 1.54) is 17.0 Å². The monoisotopic (exact) mass is 286 g/mol. The lowest BCUT2D eigenvalue weighted by Gasteiger charge is -2.18. The van der Waals surface area contributed by atoms with E-state index in [9.17, 15) is 4.79 Å². The van der Waals surface area contributed by atoms with Crippen LogP contribution < -0.4 is 10.2 Å². The number of nitrogens with zero attached hydrogens (tertiary/aromatic N) is 1. The fourth-order valence-electron chi connectivity index (χ4n) is 2.60. The molecule has 2 aromatic rings. The van der Waals surface area contributed by atoms with Gasteiger partial charge in [-0.05, 0) is 35.9 Å². The van der Waals surface area contributed by atoms with Crippen molar-refractivity contribution in [2.45, 2.75) is 6.42 Å². The summed E-state index contributed by atoms with van der Waals surface area (Å²) in [5.74, 6) is 0.595. The molecule has 3 rings (SSSR count). The van der Waals surface area contributed by atoms with Crippen LogP contribution in [0.15, 0.2) is 47.8 Å². The van der Waals surface area contributed by atoms with Gasteiger partial charge in [0.25, 0.3) is 5.91 Å². The molecule has 2 heterocycles. The van der Waals surface area contributed by atoms with E-state index in [4.69, 9.17) is 0 Å². The molecule has 1 aliphatic heterocycles. The normalized spacial score (nSPS) is 18.2. The van der Waals surface area contributed by atoms with Gasteiger partial charge in [0, 0.05) is 25.3 Å². The summed E-state index contributed by atoms with van der Waals surface area (Å²) in [7, 11) is 0. The maximum atomic E-state index is 11.9. The SMILES string of the molecule is O=C(NC[C@@H]1CCN(c2ccccc2)C1)c1cccs1. The van der Waals surface area contributed by atoms with Gasteiger partial charge in [0.05, 0.1) is 4.88 Å². The molecule has 20 heavy (non-hydrogen) atoms. The van der Waals surface area contributed by atoms with Crippen LogP contribution in [-0.4, -0.2) is 25.5 Å². The lowest BCUT2D eigenvalue weighted by Crippen LogP contribution is -2.30. The number of hydrogen-bond acceptors (Lipinski definition) is 3. The van der Waals surface area contributed by atoms with E-state index in [1.807, 2.05) is 23.6 Å². The minimum atomic E-state index is 0.0539. The second-order valence-electron chi connectivity index (χ2n) is 5.12. The molecule has 1 aromatic carbocycles. The minimum absolute atomic E-state index is 0.0539. The van der Waals surface area contributed by atoms with Gasteiger partial charge in [-0.2, -0.15) is 0 Å². The van der Waals surface area contributed by atoms with Crippen molar-refractivity contribution >= 4 is 22.9 Å². The Morgan fingerprint density at radius 2 is 2.10 bits per heavy atom. The first kappa shape index (κ1) is 13.2. The minimum Gasteiger partial charge on any atom is -0.371 e. The molecule has 0 bridgehead atoms. The van der Waals surface area contributed by atoms with Gasteiger partial charge in [0.2, 0.25) is 0 Å². The smallest absolute Gasteiger partial charge is 0.261 e. The molecular weight excluding hydrogens is 268 g/mol. The zero-order valence-electron chi connectivity index (χ0n) is 11.3. The molecule has 0 saturated carbocycles. The van der Waals surface area contributed by atoms with Gasteiger partial charge in [-0.25, -0.2) is 0 Å². The number of anilines is 1. The highest BCUT2D eigenvalue weighted by Gasteiger charge is 2.23. The molecule has 3 nitrogen and oxygen atoms in total. The van der Waals surface area contributed by atoms with Crippen molar-refractivity contribution in [2.75, 3.05) is 24.5 Å². The maximum absolute atomic E-state index is 11.9. The maximum Gasteiger partial charge on any atom is 0.261 e. The van der Waals surface area contributed by atoms with E-state index < -0.39 is 0 Å². The number of carbonyl (C=O) groups is 1. The molecule has 1 atom stereocenters. The van der Waals surface area contributed by atoms with Crippen molar-refractivity contribution in [2.24, 2.45) is 5.92 Å². The number of thiophene rings is 1. The summed E-state index contributed by atoms with van der Waals surface area (Å²) in [4.78, 5) is 15.1. The van der Waals surface area contributed by atoms with Crippen molar-refractivity contribution in [3.63, 3.8) is 0 Å². The molecule has 0 spiro atoms. The molecule has 1 amide bonds. The fraction of sp³-hybridized carbons (Fsp3) is 0.312. The third kappa shape index (κ3) is 3.02. The van der Waals surface area contributed by atoms with Gasteiger partial charge in [0.15, 0.2) is 0 Å². The van der Waals surface area contributed by atoms with E-state index in [1.54, 1.807) is 0 Å². The van der Waals surface area contributed by atoms with Crippen molar-refractivity contribution in [3.8, 4) is 0 Å². The van der Waals surface area contributed by atoms with E-state index in [0.717, 1.165) is 30.9 Å². The zero-order valence-corrected chi connectivity index (χ0v) is 12.1. The van der Waals surface area contributed by atoms with Crippen molar-refractivity contribution in [1.82, 2.24) is 5.32 Å². The topological polar surface area (TPSA) is 32.3 Å². The van der Waals surface area contributed by atoms with E-state index in [0.29, 0.717) is 5.92 Å². The van der Waals surface area contributed by atoms with Crippen LogP contribution in [0.2, 0.25) is 0 Å². The van der Waals surface area contributed by atoms with Gasteiger partial charge < -0.3 is 10.2 Å². The standard InChI is InChI=1S/C16H18N2OS/c19-16(15-7-4-10-20-15)17-11-13-8-9-18(12-13)14-5-2-1-3-6-14/h1-7,10,13H,8-9,11-12H2,(H,17,19)/t13-/m0/s1. The Morgan fingerprint density at radius 3 is 2.85 bits per heavy atom. The number of carbonyl (C=O) groups excluding carboxylic acids is 1. The zero-order chi connectivity index (χ0) is 13.8. The Kier molecular flexibility index (Phi) is 4.02. The fourth-order valence-corrected chi connectivity index (χ4v) is 3.24. The first-order valence-electron chi connectivity index (χ1n) is 6.94. The summed E-state index contributed by atoms with van der Waals surface area (Å²) in [6.07, 6.45) is 1.14. The van der Waals surface area contributed by atoms with Crippen LogP contribution in [-0.2, 0) is 0 Å². The van der Waals surface area contributed by atoms with Crippen LogP contribution >= 0.6 is 11.3 Å². The summed E-state index contributed by atoms with van der Waals surface area (Å²) in [5, 5.41) is 4.98. The van der Waals surface area contributed by atoms with Crippen LogP contribution in [0.1, 0.15) is 16.1 Å². The number of para-hydroxylation sites is 1. The van der Waals surface area contributed by atoms with Gasteiger partial charge in [-0.3, -0.25) is 4.79 Å². The Labute approximate surface area is 123 Å². The summed E-state index contributed by atoms with van der Waals surface area (Å²) >= 11 is 1.49. The molecule has 1 aromatic heterocycles. The van der Waals surface area contributed by atoms with Crippen LogP contribution in [0, 0.1) is 5.92 Å². The number of rotatable bonds is 4.